The summed E-state index contributed by atoms with van der Waals surface area (Å²) in [6.45, 7) is 7.79. The Labute approximate surface area is 204 Å². The number of carbonyl (C=O) groups is 2. The summed E-state index contributed by atoms with van der Waals surface area (Å²) in [4.78, 5) is 28.0. The number of halogens is 1. The summed E-state index contributed by atoms with van der Waals surface area (Å²) in [7, 11) is 0. The van der Waals surface area contributed by atoms with E-state index >= 15 is 0 Å². The molecule has 0 radical (unpaired) electrons. The zero-order valence-corrected chi connectivity index (χ0v) is 20.8. The molecule has 2 aromatic carbocycles. The highest BCUT2D eigenvalue weighted by molar-refractivity contribution is 8.00. The molecule has 0 spiro atoms. The SMILES string of the molecule is Cc1cc(CN(C(=O)CSc2ccc(C(=O)OC(C)C)c(O)c2)C2CCNCC2)ccc1Cl. The van der Waals surface area contributed by atoms with Crippen LogP contribution in [0.1, 0.15) is 48.2 Å². The number of nitrogens with zero attached hydrogens (tertiary/aromatic N) is 1. The number of amides is 1. The van der Waals surface area contributed by atoms with Gasteiger partial charge in [-0.15, -0.1) is 11.8 Å². The Bertz CT molecular complexity index is 992. The third kappa shape index (κ3) is 7.13. The first-order valence-corrected chi connectivity index (χ1v) is 12.5. The van der Waals surface area contributed by atoms with Crippen LogP contribution in [0.15, 0.2) is 41.3 Å². The maximum absolute atomic E-state index is 13.3. The van der Waals surface area contributed by atoms with E-state index in [0.29, 0.717) is 6.54 Å². The van der Waals surface area contributed by atoms with E-state index in [1.165, 1.54) is 23.9 Å². The molecule has 2 aromatic rings. The lowest BCUT2D eigenvalue weighted by atomic mass is 10.0. The number of phenolic OH excluding ortho intramolecular Hbond substituents is 1. The second kappa shape index (κ2) is 11.8. The number of carbonyl (C=O) groups excluding carboxylic acids is 2. The zero-order chi connectivity index (χ0) is 24.0. The van der Waals surface area contributed by atoms with Crippen LogP contribution in [0.3, 0.4) is 0 Å². The molecule has 1 heterocycles. The highest BCUT2D eigenvalue weighted by Crippen LogP contribution is 2.28. The maximum Gasteiger partial charge on any atom is 0.342 e. The number of esters is 1. The maximum atomic E-state index is 13.3. The molecule has 33 heavy (non-hydrogen) atoms. The van der Waals surface area contributed by atoms with Gasteiger partial charge in [0.1, 0.15) is 11.3 Å². The Morgan fingerprint density at radius 2 is 1.94 bits per heavy atom. The number of aryl methyl sites for hydroxylation is 1. The lowest BCUT2D eigenvalue weighted by Gasteiger charge is -2.35. The van der Waals surface area contributed by atoms with E-state index in [1.807, 2.05) is 30.0 Å². The number of hydrogen-bond acceptors (Lipinski definition) is 6. The van der Waals surface area contributed by atoms with Crippen LogP contribution in [0, 0.1) is 6.92 Å². The number of rotatable bonds is 8. The quantitative estimate of drug-likeness (QED) is 0.409. The molecule has 2 N–H and O–H groups in total. The van der Waals surface area contributed by atoms with Crippen LogP contribution >= 0.6 is 23.4 Å². The summed E-state index contributed by atoms with van der Waals surface area (Å²) in [6, 6.07) is 10.8. The van der Waals surface area contributed by atoms with Crippen molar-refractivity contribution in [2.75, 3.05) is 18.8 Å². The molecule has 0 aliphatic carbocycles. The molecular formula is C25H31ClN2O4S. The van der Waals surface area contributed by atoms with Crippen molar-refractivity contribution in [1.29, 1.82) is 0 Å². The number of aromatic hydroxyl groups is 1. The standard InChI is InChI=1S/C25H31ClN2O4S/c1-16(2)32-25(31)21-6-5-20(13-23(21)29)33-15-24(30)28(19-8-10-27-11-9-19)14-18-4-7-22(26)17(3)12-18/h4-7,12-13,16,19,27,29H,8-11,14-15H2,1-3H3. The molecule has 0 aromatic heterocycles. The molecule has 6 nitrogen and oxygen atoms in total. The van der Waals surface area contributed by atoms with Gasteiger partial charge in [0.15, 0.2) is 0 Å². The van der Waals surface area contributed by atoms with Crippen LogP contribution in [0.25, 0.3) is 0 Å². The number of thioether (sulfide) groups is 1. The minimum Gasteiger partial charge on any atom is -0.507 e. The fourth-order valence-corrected chi connectivity index (χ4v) is 4.75. The van der Waals surface area contributed by atoms with Crippen LogP contribution in [0.2, 0.25) is 5.02 Å². The average Bonchev–Trinajstić information content (AvgIpc) is 2.78. The van der Waals surface area contributed by atoms with Crippen molar-refractivity contribution < 1.29 is 19.4 Å². The van der Waals surface area contributed by atoms with E-state index in [2.05, 4.69) is 5.32 Å². The van der Waals surface area contributed by atoms with Crippen LogP contribution in [-0.2, 0) is 16.1 Å². The molecule has 0 bridgehead atoms. The molecule has 0 saturated carbocycles. The van der Waals surface area contributed by atoms with Gasteiger partial charge >= 0.3 is 5.97 Å². The van der Waals surface area contributed by atoms with E-state index in [-0.39, 0.29) is 35.1 Å². The predicted molar refractivity (Wildman–Crippen MR) is 132 cm³/mol. The highest BCUT2D eigenvalue weighted by atomic mass is 35.5. The zero-order valence-electron chi connectivity index (χ0n) is 19.3. The average molecular weight is 491 g/mol. The molecule has 1 saturated heterocycles. The third-order valence-corrected chi connectivity index (χ3v) is 6.94. The molecule has 0 unspecified atom stereocenters. The molecule has 178 valence electrons. The fourth-order valence-electron chi connectivity index (χ4n) is 3.82. The summed E-state index contributed by atoms with van der Waals surface area (Å²) in [6.07, 6.45) is 1.56. The van der Waals surface area contributed by atoms with Gasteiger partial charge in [0.25, 0.3) is 0 Å². The molecule has 8 heteroatoms. The van der Waals surface area contributed by atoms with Gasteiger partial charge in [-0.2, -0.15) is 0 Å². The second-order valence-electron chi connectivity index (χ2n) is 8.51. The van der Waals surface area contributed by atoms with Gasteiger partial charge in [-0.05, 0) is 82.1 Å². The Morgan fingerprint density at radius 3 is 2.58 bits per heavy atom. The Kier molecular flexibility index (Phi) is 9.06. The molecule has 1 amide bonds. The minimum atomic E-state index is -0.564. The molecule has 0 atom stereocenters. The number of nitrogens with one attached hydrogen (secondary N) is 1. The Hall–Kier alpha value is -2.22. The predicted octanol–water partition coefficient (Wildman–Crippen LogP) is 4.79. The van der Waals surface area contributed by atoms with Crippen LogP contribution in [0.5, 0.6) is 5.75 Å². The Balaban J connectivity index is 1.69. The monoisotopic (exact) mass is 490 g/mol. The molecule has 3 rings (SSSR count). The van der Waals surface area contributed by atoms with Gasteiger partial charge < -0.3 is 20.1 Å². The van der Waals surface area contributed by atoms with E-state index in [4.69, 9.17) is 16.3 Å². The van der Waals surface area contributed by atoms with Gasteiger partial charge in [0.2, 0.25) is 5.91 Å². The van der Waals surface area contributed by atoms with Crippen molar-refractivity contribution in [3.63, 3.8) is 0 Å². The number of benzene rings is 2. The van der Waals surface area contributed by atoms with E-state index in [0.717, 1.165) is 47.0 Å². The van der Waals surface area contributed by atoms with Crippen molar-refractivity contribution in [3.05, 3.63) is 58.1 Å². The van der Waals surface area contributed by atoms with Crippen molar-refractivity contribution in [3.8, 4) is 5.75 Å². The summed E-state index contributed by atoms with van der Waals surface area (Å²) < 4.78 is 5.15. The van der Waals surface area contributed by atoms with Crippen LogP contribution in [0.4, 0.5) is 0 Å². The number of phenols is 1. The summed E-state index contributed by atoms with van der Waals surface area (Å²) >= 11 is 7.52. The summed E-state index contributed by atoms with van der Waals surface area (Å²) in [5.41, 5.74) is 2.17. The third-order valence-electron chi connectivity index (χ3n) is 5.54. The van der Waals surface area contributed by atoms with Crippen molar-refractivity contribution in [2.24, 2.45) is 0 Å². The summed E-state index contributed by atoms with van der Waals surface area (Å²) in [5.74, 6) is -0.427. The first-order valence-electron chi connectivity index (χ1n) is 11.2. The first kappa shape index (κ1) is 25.4. The molecule has 1 fully saturated rings. The molecular weight excluding hydrogens is 460 g/mol. The van der Waals surface area contributed by atoms with E-state index < -0.39 is 5.97 Å². The number of hydrogen-bond donors (Lipinski definition) is 2. The van der Waals surface area contributed by atoms with Crippen molar-refractivity contribution >= 4 is 35.2 Å². The smallest absolute Gasteiger partial charge is 0.342 e. The highest BCUT2D eigenvalue weighted by Gasteiger charge is 2.26. The fraction of sp³-hybridized carbons (Fsp3) is 0.440. The van der Waals surface area contributed by atoms with Crippen LogP contribution in [-0.4, -0.2) is 52.9 Å². The van der Waals surface area contributed by atoms with Gasteiger partial charge in [-0.25, -0.2) is 4.79 Å². The van der Waals surface area contributed by atoms with Crippen LogP contribution < -0.4 is 5.32 Å². The second-order valence-corrected chi connectivity index (χ2v) is 9.96. The molecule has 1 aliphatic rings. The van der Waals surface area contributed by atoms with Crippen molar-refractivity contribution in [2.45, 2.75) is 57.2 Å². The largest absolute Gasteiger partial charge is 0.507 e. The first-order chi connectivity index (χ1) is 15.7. The van der Waals surface area contributed by atoms with Gasteiger partial charge in [0.05, 0.1) is 11.9 Å². The van der Waals surface area contributed by atoms with E-state index in [1.54, 1.807) is 19.9 Å². The number of piperidine rings is 1. The van der Waals surface area contributed by atoms with Gasteiger partial charge in [-0.1, -0.05) is 23.7 Å². The number of ether oxygens (including phenoxy) is 1. The van der Waals surface area contributed by atoms with E-state index in [9.17, 15) is 14.7 Å². The lowest BCUT2D eigenvalue weighted by Crippen LogP contribution is -2.46. The normalized spacial score (nSPS) is 14.3. The summed E-state index contributed by atoms with van der Waals surface area (Å²) in [5, 5.41) is 14.3. The Morgan fingerprint density at radius 1 is 1.21 bits per heavy atom. The minimum absolute atomic E-state index is 0.0438. The van der Waals surface area contributed by atoms with Gasteiger partial charge in [-0.3, -0.25) is 4.79 Å². The van der Waals surface area contributed by atoms with Crippen molar-refractivity contribution in [1.82, 2.24) is 10.2 Å². The van der Waals surface area contributed by atoms with Gasteiger partial charge in [0, 0.05) is 22.5 Å². The molecule has 1 aliphatic heterocycles. The lowest BCUT2D eigenvalue weighted by molar-refractivity contribution is -0.131. The topological polar surface area (TPSA) is 78.9 Å².